The summed E-state index contributed by atoms with van der Waals surface area (Å²) < 4.78 is 29.2. The first kappa shape index (κ1) is 19.8. The summed E-state index contributed by atoms with van der Waals surface area (Å²) in [5.41, 5.74) is 1.12. The van der Waals surface area contributed by atoms with Crippen LogP contribution in [0.2, 0.25) is 0 Å². The number of benzene rings is 2. The normalized spacial score (nSPS) is 18.7. The smallest absolute Gasteiger partial charge is 0.326 e. The molecule has 1 aliphatic heterocycles. The maximum Gasteiger partial charge on any atom is 0.326 e. The molecule has 30 heavy (non-hydrogen) atoms. The fraction of sp³-hybridized carbons (Fsp3) is 0.227. The van der Waals surface area contributed by atoms with Crippen LogP contribution < -0.4 is 5.32 Å². The number of carboxylic acid groups (broad SMARTS) is 1. The van der Waals surface area contributed by atoms with Crippen molar-refractivity contribution in [2.75, 3.05) is 13.1 Å². The summed E-state index contributed by atoms with van der Waals surface area (Å²) in [6.45, 7) is 3.44. The van der Waals surface area contributed by atoms with Crippen LogP contribution >= 0.6 is 0 Å². The van der Waals surface area contributed by atoms with Gasteiger partial charge in [-0.05, 0) is 23.3 Å². The number of carbonyl (C=O) groups is 3. The highest BCUT2D eigenvalue weighted by atomic mass is 19.3. The molecule has 1 saturated heterocycles. The highest BCUT2D eigenvalue weighted by molar-refractivity contribution is 5.99. The maximum absolute atomic E-state index is 14.6. The lowest BCUT2D eigenvalue weighted by molar-refractivity contribution is -0.147. The minimum absolute atomic E-state index is 0.110. The zero-order valence-corrected chi connectivity index (χ0v) is 15.8. The summed E-state index contributed by atoms with van der Waals surface area (Å²) in [4.78, 5) is 37.4. The first-order valence-corrected chi connectivity index (χ1v) is 9.29. The van der Waals surface area contributed by atoms with E-state index in [9.17, 15) is 28.3 Å². The quantitative estimate of drug-likeness (QED) is 0.757. The van der Waals surface area contributed by atoms with Crippen LogP contribution in [0.1, 0.15) is 27.9 Å². The largest absolute Gasteiger partial charge is 0.480 e. The fourth-order valence-electron chi connectivity index (χ4n) is 3.96. The predicted molar refractivity (Wildman–Crippen MR) is 104 cm³/mol. The second-order valence-electron chi connectivity index (χ2n) is 7.39. The van der Waals surface area contributed by atoms with Gasteiger partial charge in [0.15, 0.2) is 0 Å². The van der Waals surface area contributed by atoms with E-state index >= 15 is 0 Å². The van der Waals surface area contributed by atoms with Crippen molar-refractivity contribution in [2.45, 2.75) is 18.4 Å². The molecule has 2 aromatic rings. The Hall–Kier alpha value is -3.55. The number of hydrogen-bond acceptors (Lipinski definition) is 3. The van der Waals surface area contributed by atoms with E-state index in [1.54, 1.807) is 12.1 Å². The van der Waals surface area contributed by atoms with Gasteiger partial charge in [0.25, 0.3) is 11.8 Å². The van der Waals surface area contributed by atoms with Gasteiger partial charge >= 0.3 is 5.97 Å². The topological polar surface area (TPSA) is 86.7 Å². The third-order valence-electron chi connectivity index (χ3n) is 5.43. The van der Waals surface area contributed by atoms with Gasteiger partial charge in [0.1, 0.15) is 6.04 Å². The number of aliphatic carboxylic acids is 1. The summed E-state index contributed by atoms with van der Waals surface area (Å²) in [5.74, 6) is -5.43. The lowest BCUT2D eigenvalue weighted by Gasteiger charge is -2.21. The standard InChI is InChI=1S/C22H18F2N2O4/c1-12-8-18(21(29)30)26(11-12)19(27)10-25-20(28)13-6-7-17-15(9-13)14-4-2-3-5-16(14)22(17,23)24/h2-7,9,18H,1,8,10-11H2,(H,25,28)(H,29,30)/t18-/m0/s1. The third-order valence-corrected chi connectivity index (χ3v) is 5.43. The SMILES string of the molecule is C=C1C[C@@H](C(=O)O)N(C(=O)CNC(=O)c2ccc3c(c2)-c2ccccc2C3(F)F)C1. The van der Waals surface area contributed by atoms with Crippen LogP contribution in [0, 0.1) is 0 Å². The second kappa shape index (κ2) is 7.05. The van der Waals surface area contributed by atoms with Crippen molar-refractivity contribution in [3.8, 4) is 11.1 Å². The second-order valence-corrected chi connectivity index (χ2v) is 7.39. The van der Waals surface area contributed by atoms with Crippen molar-refractivity contribution in [3.63, 3.8) is 0 Å². The number of carbonyl (C=O) groups excluding carboxylic acids is 2. The Bertz CT molecular complexity index is 1100. The molecule has 0 radical (unpaired) electrons. The number of amides is 2. The van der Waals surface area contributed by atoms with Gasteiger partial charge in [-0.25, -0.2) is 4.79 Å². The molecule has 2 amide bonds. The number of fused-ring (bicyclic) bond motifs is 3. The van der Waals surface area contributed by atoms with E-state index in [0.717, 1.165) is 4.90 Å². The van der Waals surface area contributed by atoms with E-state index in [4.69, 9.17) is 0 Å². The van der Waals surface area contributed by atoms with E-state index in [-0.39, 0.29) is 35.2 Å². The van der Waals surface area contributed by atoms with Crippen molar-refractivity contribution in [3.05, 3.63) is 71.3 Å². The lowest BCUT2D eigenvalue weighted by atomic mass is 10.0. The molecule has 154 valence electrons. The minimum Gasteiger partial charge on any atom is -0.480 e. The molecular formula is C22H18F2N2O4. The number of hydrogen-bond donors (Lipinski definition) is 2. The summed E-state index contributed by atoms with van der Waals surface area (Å²) in [5, 5.41) is 11.7. The van der Waals surface area contributed by atoms with Crippen LogP contribution in [0.3, 0.4) is 0 Å². The molecule has 2 aromatic carbocycles. The van der Waals surface area contributed by atoms with Gasteiger partial charge in [-0.3, -0.25) is 9.59 Å². The molecule has 0 aromatic heterocycles. The number of halogens is 2. The van der Waals surface area contributed by atoms with Crippen molar-refractivity contribution in [1.29, 1.82) is 0 Å². The average Bonchev–Trinajstić information content (AvgIpc) is 3.22. The van der Waals surface area contributed by atoms with Crippen LogP contribution in [0.15, 0.2) is 54.6 Å². The Balaban J connectivity index is 1.50. The van der Waals surface area contributed by atoms with Crippen molar-refractivity contribution >= 4 is 17.8 Å². The summed E-state index contributed by atoms with van der Waals surface area (Å²) in [6.07, 6.45) is 0.174. The van der Waals surface area contributed by atoms with Gasteiger partial charge in [-0.15, -0.1) is 0 Å². The van der Waals surface area contributed by atoms with Crippen LogP contribution in [-0.4, -0.2) is 46.9 Å². The summed E-state index contributed by atoms with van der Waals surface area (Å²) in [6, 6.07) is 9.01. The number of nitrogens with zero attached hydrogens (tertiary/aromatic N) is 1. The number of nitrogens with one attached hydrogen (secondary N) is 1. The fourth-order valence-corrected chi connectivity index (χ4v) is 3.96. The maximum atomic E-state index is 14.6. The Labute approximate surface area is 170 Å². The van der Waals surface area contributed by atoms with Crippen LogP contribution in [0.5, 0.6) is 0 Å². The van der Waals surface area contributed by atoms with E-state index in [1.165, 1.54) is 30.3 Å². The number of likely N-dealkylation sites (tertiary alicyclic amines) is 1. The summed E-state index contributed by atoms with van der Waals surface area (Å²) >= 11 is 0. The lowest BCUT2D eigenvalue weighted by Crippen LogP contribution is -2.45. The van der Waals surface area contributed by atoms with Crippen LogP contribution in [-0.2, 0) is 15.5 Å². The number of rotatable bonds is 4. The van der Waals surface area contributed by atoms with Gasteiger partial charge in [0, 0.05) is 29.7 Å². The summed E-state index contributed by atoms with van der Waals surface area (Å²) in [7, 11) is 0. The van der Waals surface area contributed by atoms with E-state index in [1.807, 2.05) is 0 Å². The van der Waals surface area contributed by atoms with Crippen LogP contribution in [0.25, 0.3) is 11.1 Å². The highest BCUT2D eigenvalue weighted by Gasteiger charge is 2.44. The highest BCUT2D eigenvalue weighted by Crippen LogP contribution is 2.50. The van der Waals surface area contributed by atoms with E-state index < -0.39 is 36.3 Å². The molecule has 0 spiro atoms. The Morgan fingerprint density at radius 2 is 1.83 bits per heavy atom. The van der Waals surface area contributed by atoms with Gasteiger partial charge < -0.3 is 15.3 Å². The Kier molecular flexibility index (Phi) is 4.64. The molecular weight excluding hydrogens is 394 g/mol. The van der Waals surface area contributed by atoms with Crippen molar-refractivity contribution in [2.24, 2.45) is 0 Å². The molecule has 1 fully saturated rings. The molecule has 8 heteroatoms. The number of alkyl halides is 2. The molecule has 1 heterocycles. The molecule has 0 unspecified atom stereocenters. The zero-order valence-electron chi connectivity index (χ0n) is 15.8. The molecule has 0 bridgehead atoms. The van der Waals surface area contributed by atoms with Gasteiger partial charge in [0.05, 0.1) is 6.54 Å². The monoisotopic (exact) mass is 412 g/mol. The molecule has 1 aliphatic carbocycles. The predicted octanol–water partition coefficient (Wildman–Crippen LogP) is 2.78. The zero-order chi connectivity index (χ0) is 21.6. The minimum atomic E-state index is -3.14. The van der Waals surface area contributed by atoms with Crippen molar-refractivity contribution < 1.29 is 28.3 Å². The van der Waals surface area contributed by atoms with Crippen molar-refractivity contribution in [1.82, 2.24) is 10.2 Å². The van der Waals surface area contributed by atoms with E-state index in [2.05, 4.69) is 11.9 Å². The molecule has 6 nitrogen and oxygen atoms in total. The molecule has 2 aliphatic rings. The van der Waals surface area contributed by atoms with Crippen LogP contribution in [0.4, 0.5) is 8.78 Å². The number of carboxylic acids is 1. The Morgan fingerprint density at radius 1 is 1.13 bits per heavy atom. The molecule has 2 N–H and O–H groups in total. The van der Waals surface area contributed by atoms with Gasteiger partial charge in [0.2, 0.25) is 5.91 Å². The Morgan fingerprint density at radius 3 is 2.57 bits per heavy atom. The first-order chi connectivity index (χ1) is 14.2. The van der Waals surface area contributed by atoms with Gasteiger partial charge in [-0.2, -0.15) is 8.78 Å². The molecule has 0 saturated carbocycles. The van der Waals surface area contributed by atoms with E-state index in [0.29, 0.717) is 11.1 Å². The molecule has 1 atom stereocenters. The third kappa shape index (κ3) is 3.14. The average molecular weight is 412 g/mol. The van der Waals surface area contributed by atoms with Gasteiger partial charge in [-0.1, -0.05) is 42.5 Å². The molecule has 4 rings (SSSR count). The first-order valence-electron chi connectivity index (χ1n) is 9.29.